The molecule has 0 amide bonds. The molecule has 0 N–H and O–H groups in total. The number of halogens is 1. The monoisotopic (exact) mass is 215 g/mol. The first kappa shape index (κ1) is 10.7. The van der Waals surface area contributed by atoms with Crippen LogP contribution in [0.15, 0.2) is 17.0 Å². The molecule has 0 spiro atoms. The maximum Gasteiger partial charge on any atom is 0.0968 e. The molecular weight excluding hydrogens is 202 g/mol. The second kappa shape index (κ2) is 5.40. The molecule has 0 atom stereocenters. The van der Waals surface area contributed by atoms with Crippen molar-refractivity contribution in [3.05, 3.63) is 27.7 Å². The van der Waals surface area contributed by atoms with Crippen molar-refractivity contribution in [2.75, 3.05) is 5.88 Å². The summed E-state index contributed by atoms with van der Waals surface area (Å²) in [7, 11) is 0. The Bertz CT molecular complexity index is 291. The Balaban J connectivity index is 2.49. The lowest BCUT2D eigenvalue weighted by atomic mass is 10.2. The molecule has 0 aromatic carbocycles. The molecule has 0 bridgehead atoms. The average Bonchev–Trinajstić information content (AvgIpc) is 2.48. The number of rotatable bonds is 4. The van der Waals surface area contributed by atoms with Crippen molar-refractivity contribution < 1.29 is 0 Å². The second-order valence-electron chi connectivity index (χ2n) is 3.09. The number of hydrogen-bond donors (Lipinski definition) is 0. The van der Waals surface area contributed by atoms with E-state index in [1.807, 2.05) is 6.92 Å². The Morgan fingerprint density at radius 2 is 2.46 bits per heavy atom. The van der Waals surface area contributed by atoms with Crippen molar-refractivity contribution in [3.8, 4) is 0 Å². The molecule has 0 aliphatic carbocycles. The Hall–Kier alpha value is -0.340. The van der Waals surface area contributed by atoms with Gasteiger partial charge in [-0.05, 0) is 20.3 Å². The summed E-state index contributed by atoms with van der Waals surface area (Å²) in [5.41, 5.74) is 2.47. The molecule has 0 fully saturated rings. The smallest absolute Gasteiger partial charge is 0.0968 e. The minimum Gasteiger partial charge on any atom is -0.246 e. The number of allylic oxidation sites excluding steroid dienone is 2. The van der Waals surface area contributed by atoms with Gasteiger partial charge < -0.3 is 0 Å². The molecule has 0 aliphatic heterocycles. The summed E-state index contributed by atoms with van der Waals surface area (Å²) in [6.45, 7) is 4.15. The molecule has 0 unspecified atom stereocenters. The number of hydrogen-bond acceptors (Lipinski definition) is 2. The number of nitrogens with zero attached hydrogens (tertiary/aromatic N) is 1. The van der Waals surface area contributed by atoms with Gasteiger partial charge in [-0.2, -0.15) is 0 Å². The normalized spacial score (nSPS) is 12.1. The quantitative estimate of drug-likeness (QED) is 0.553. The van der Waals surface area contributed by atoms with Crippen LogP contribution in [0.4, 0.5) is 0 Å². The molecule has 1 nitrogen and oxygen atoms in total. The highest BCUT2D eigenvalue weighted by atomic mass is 35.5. The summed E-state index contributed by atoms with van der Waals surface area (Å²) in [5, 5.41) is 3.28. The molecular formula is C10H14ClNS. The van der Waals surface area contributed by atoms with Gasteiger partial charge in [0.1, 0.15) is 0 Å². The summed E-state index contributed by atoms with van der Waals surface area (Å²) in [4.78, 5) is 4.40. The first-order valence-corrected chi connectivity index (χ1v) is 5.76. The Labute approximate surface area is 88.5 Å². The Morgan fingerprint density at radius 1 is 1.69 bits per heavy atom. The predicted molar refractivity (Wildman–Crippen MR) is 59.6 cm³/mol. The van der Waals surface area contributed by atoms with E-state index in [0.717, 1.165) is 18.5 Å². The van der Waals surface area contributed by atoms with E-state index in [1.165, 1.54) is 10.6 Å². The average molecular weight is 216 g/mol. The van der Waals surface area contributed by atoms with Crippen LogP contribution in [0, 0.1) is 6.92 Å². The number of thiazole rings is 1. The van der Waals surface area contributed by atoms with Crippen LogP contribution in [0.2, 0.25) is 0 Å². The minimum atomic E-state index is 0.703. The third kappa shape index (κ3) is 3.92. The van der Waals surface area contributed by atoms with E-state index in [9.17, 15) is 0 Å². The molecule has 1 heterocycles. The summed E-state index contributed by atoms with van der Waals surface area (Å²) >= 11 is 7.32. The van der Waals surface area contributed by atoms with E-state index in [-0.39, 0.29) is 0 Å². The Kier molecular flexibility index (Phi) is 4.46. The molecule has 1 aromatic rings. The second-order valence-corrected chi connectivity index (χ2v) is 4.41. The lowest BCUT2D eigenvalue weighted by molar-refractivity contribution is 1.05. The van der Waals surface area contributed by atoms with Crippen molar-refractivity contribution in [2.45, 2.75) is 26.7 Å². The van der Waals surface area contributed by atoms with Gasteiger partial charge in [0, 0.05) is 23.4 Å². The van der Waals surface area contributed by atoms with Crippen LogP contribution >= 0.6 is 22.9 Å². The lowest BCUT2D eigenvalue weighted by Gasteiger charge is -1.96. The van der Waals surface area contributed by atoms with Crippen LogP contribution in [0.3, 0.4) is 0 Å². The van der Waals surface area contributed by atoms with Crippen molar-refractivity contribution in [1.29, 1.82) is 0 Å². The predicted octanol–water partition coefficient (Wildman–Crippen LogP) is 3.57. The van der Waals surface area contributed by atoms with Crippen LogP contribution < -0.4 is 0 Å². The zero-order chi connectivity index (χ0) is 9.68. The van der Waals surface area contributed by atoms with E-state index in [2.05, 4.69) is 23.4 Å². The van der Waals surface area contributed by atoms with E-state index in [4.69, 9.17) is 11.6 Å². The summed E-state index contributed by atoms with van der Waals surface area (Å²) in [6.07, 6.45) is 4.11. The van der Waals surface area contributed by atoms with Gasteiger partial charge in [-0.1, -0.05) is 11.6 Å². The molecule has 72 valence electrons. The largest absolute Gasteiger partial charge is 0.246 e. The van der Waals surface area contributed by atoms with Crippen LogP contribution in [0.5, 0.6) is 0 Å². The molecule has 1 aromatic heterocycles. The maximum atomic E-state index is 5.60. The van der Waals surface area contributed by atoms with Crippen molar-refractivity contribution in [2.24, 2.45) is 0 Å². The van der Waals surface area contributed by atoms with Gasteiger partial charge in [-0.3, -0.25) is 0 Å². The molecule has 0 aliphatic rings. The third-order valence-electron chi connectivity index (χ3n) is 1.70. The van der Waals surface area contributed by atoms with Crippen molar-refractivity contribution in [1.82, 2.24) is 4.98 Å². The summed E-state index contributed by atoms with van der Waals surface area (Å²) in [5.74, 6) is 0.703. The maximum absolute atomic E-state index is 5.60. The van der Waals surface area contributed by atoms with E-state index in [1.54, 1.807) is 11.3 Å². The fourth-order valence-electron chi connectivity index (χ4n) is 1.10. The van der Waals surface area contributed by atoms with Crippen LogP contribution in [0.25, 0.3) is 0 Å². The van der Waals surface area contributed by atoms with Gasteiger partial charge in [-0.25, -0.2) is 4.98 Å². The standard InChI is InChI=1S/C10H14ClNS/c1-8(4-3-5-11)6-10-12-9(2)7-13-10/h4,7H,3,5-6H2,1-2H3. The molecule has 0 radical (unpaired) electrons. The topological polar surface area (TPSA) is 12.9 Å². The fourth-order valence-corrected chi connectivity index (χ4v) is 2.07. The number of aromatic nitrogens is 1. The third-order valence-corrected chi connectivity index (χ3v) is 2.88. The van der Waals surface area contributed by atoms with Gasteiger partial charge in [0.05, 0.1) is 5.01 Å². The molecule has 1 rings (SSSR count). The molecule has 13 heavy (non-hydrogen) atoms. The van der Waals surface area contributed by atoms with Crippen LogP contribution in [-0.4, -0.2) is 10.9 Å². The molecule has 0 saturated carbocycles. The van der Waals surface area contributed by atoms with E-state index < -0.39 is 0 Å². The summed E-state index contributed by atoms with van der Waals surface area (Å²) < 4.78 is 0. The van der Waals surface area contributed by atoms with Crippen LogP contribution in [-0.2, 0) is 6.42 Å². The van der Waals surface area contributed by atoms with E-state index >= 15 is 0 Å². The Morgan fingerprint density at radius 3 is 3.00 bits per heavy atom. The molecule has 0 saturated heterocycles. The van der Waals surface area contributed by atoms with Gasteiger partial charge >= 0.3 is 0 Å². The zero-order valence-corrected chi connectivity index (χ0v) is 9.58. The van der Waals surface area contributed by atoms with Crippen LogP contribution in [0.1, 0.15) is 24.0 Å². The SMILES string of the molecule is CC(=CCCCl)Cc1nc(C)cs1. The number of aryl methyl sites for hydroxylation is 1. The first-order chi connectivity index (χ1) is 6.22. The highest BCUT2D eigenvalue weighted by molar-refractivity contribution is 7.09. The highest BCUT2D eigenvalue weighted by Crippen LogP contribution is 2.13. The summed E-state index contributed by atoms with van der Waals surface area (Å²) in [6, 6.07) is 0. The minimum absolute atomic E-state index is 0.703. The first-order valence-electron chi connectivity index (χ1n) is 4.35. The van der Waals surface area contributed by atoms with Gasteiger partial charge in [0.25, 0.3) is 0 Å². The van der Waals surface area contributed by atoms with Crippen molar-refractivity contribution in [3.63, 3.8) is 0 Å². The lowest BCUT2D eigenvalue weighted by Crippen LogP contribution is -1.86. The fraction of sp³-hybridized carbons (Fsp3) is 0.500. The molecule has 3 heteroatoms. The van der Waals surface area contributed by atoms with Gasteiger partial charge in [-0.15, -0.1) is 22.9 Å². The van der Waals surface area contributed by atoms with E-state index in [0.29, 0.717) is 5.88 Å². The number of alkyl halides is 1. The zero-order valence-electron chi connectivity index (χ0n) is 8.01. The van der Waals surface area contributed by atoms with Gasteiger partial charge in [0.2, 0.25) is 0 Å². The van der Waals surface area contributed by atoms with Crippen molar-refractivity contribution >= 4 is 22.9 Å². The van der Waals surface area contributed by atoms with Gasteiger partial charge in [0.15, 0.2) is 0 Å². The highest BCUT2D eigenvalue weighted by Gasteiger charge is 1.98.